The largest absolute Gasteiger partial charge is 0.481 e. The Hall–Kier alpha value is -4.54. The van der Waals surface area contributed by atoms with Crippen molar-refractivity contribution in [2.45, 2.75) is 39.4 Å². The fourth-order valence-electron chi connectivity index (χ4n) is 5.28. The van der Waals surface area contributed by atoms with Crippen LogP contribution in [0.15, 0.2) is 67.0 Å². The predicted molar refractivity (Wildman–Crippen MR) is 156 cm³/mol. The molecule has 43 heavy (non-hydrogen) atoms. The van der Waals surface area contributed by atoms with Gasteiger partial charge in [-0.15, -0.1) is 0 Å². The van der Waals surface area contributed by atoms with Crippen LogP contribution < -0.4 is 4.74 Å². The molecule has 0 spiro atoms. The molecule has 1 saturated heterocycles. The van der Waals surface area contributed by atoms with Crippen LogP contribution in [0.4, 0.5) is 8.78 Å². The summed E-state index contributed by atoms with van der Waals surface area (Å²) < 4.78 is 48.9. The van der Waals surface area contributed by atoms with Crippen LogP contribution in [0.1, 0.15) is 42.7 Å². The van der Waals surface area contributed by atoms with Gasteiger partial charge in [0.25, 0.3) is 0 Å². The molecular weight excluding hydrogens is 556 g/mol. The number of carboxylic acids is 1. The third kappa shape index (κ3) is 5.51. The number of aromatic amines is 2. The van der Waals surface area contributed by atoms with Gasteiger partial charge >= 0.3 is 5.97 Å². The summed E-state index contributed by atoms with van der Waals surface area (Å²) in [4.78, 5) is 21.8. The van der Waals surface area contributed by atoms with Crippen molar-refractivity contribution in [1.29, 1.82) is 0 Å². The van der Waals surface area contributed by atoms with Crippen molar-refractivity contribution in [3.63, 3.8) is 0 Å². The molecule has 0 saturated carbocycles. The van der Waals surface area contributed by atoms with Gasteiger partial charge in [0, 0.05) is 46.1 Å². The molecule has 3 N–H and O–H groups in total. The number of nitrogens with zero attached hydrogens (tertiary/aromatic N) is 1. The lowest BCUT2D eigenvalue weighted by atomic mass is 9.91. The Kier molecular flexibility index (Phi) is 7.27. The van der Waals surface area contributed by atoms with Crippen molar-refractivity contribution in [3.05, 3.63) is 101 Å². The number of hydrogen-bond acceptors (Lipinski definition) is 5. The highest BCUT2D eigenvalue weighted by Crippen LogP contribution is 2.42. The molecule has 10 heteroatoms. The van der Waals surface area contributed by atoms with E-state index in [0.717, 1.165) is 10.9 Å². The summed E-state index contributed by atoms with van der Waals surface area (Å²) in [6.07, 6.45) is 3.59. The first-order valence-electron chi connectivity index (χ1n) is 13.9. The third-order valence-corrected chi connectivity index (χ3v) is 7.62. The van der Waals surface area contributed by atoms with Crippen LogP contribution in [0, 0.1) is 24.0 Å². The molecule has 1 aliphatic heterocycles. The van der Waals surface area contributed by atoms with Gasteiger partial charge in [-0.1, -0.05) is 32.0 Å². The van der Waals surface area contributed by atoms with Gasteiger partial charge in [-0.05, 0) is 49.2 Å². The van der Waals surface area contributed by atoms with Gasteiger partial charge in [0.2, 0.25) is 5.79 Å². The molecule has 0 unspecified atom stereocenters. The number of hydrogen-bond donors (Lipinski definition) is 3. The van der Waals surface area contributed by atoms with Crippen LogP contribution in [0.3, 0.4) is 0 Å². The molecule has 1 aliphatic rings. The van der Waals surface area contributed by atoms with Crippen molar-refractivity contribution in [2.24, 2.45) is 5.41 Å². The maximum Gasteiger partial charge on any atom is 0.303 e. The summed E-state index contributed by atoms with van der Waals surface area (Å²) in [5.41, 5.74) is 3.05. The molecule has 0 bridgehead atoms. The minimum atomic E-state index is -1.38. The second-order valence-electron chi connectivity index (χ2n) is 11.6. The Labute approximate surface area is 246 Å². The van der Waals surface area contributed by atoms with Crippen LogP contribution in [0.2, 0.25) is 0 Å². The first-order valence-corrected chi connectivity index (χ1v) is 13.9. The van der Waals surface area contributed by atoms with Crippen LogP contribution >= 0.6 is 0 Å². The molecule has 222 valence electrons. The normalized spacial score (nSPS) is 15.9. The van der Waals surface area contributed by atoms with E-state index < -0.39 is 23.4 Å². The second-order valence-corrected chi connectivity index (χ2v) is 11.6. The molecular formula is C33H31F2N3O5. The number of ether oxygens (including phenoxy) is 3. The molecule has 5 aromatic rings. The molecule has 1 fully saturated rings. The lowest BCUT2D eigenvalue weighted by Gasteiger charge is -2.43. The lowest BCUT2D eigenvalue weighted by molar-refractivity contribution is -0.286. The SMILES string of the molecule is Cc1c(Oc2ccc(F)c(-c3ncc(C4(c5cccc(CCC(=O)O)c5)OCC(C)(C)CO4)[nH]3)c2)c(F)cc2[nH]ccc12. The first-order chi connectivity index (χ1) is 20.5. The van der Waals surface area contributed by atoms with E-state index in [4.69, 9.17) is 19.3 Å². The highest BCUT2D eigenvalue weighted by Gasteiger charge is 2.45. The average Bonchev–Trinajstić information content (AvgIpc) is 3.66. The van der Waals surface area contributed by atoms with Crippen LogP contribution in [-0.4, -0.2) is 39.2 Å². The summed E-state index contributed by atoms with van der Waals surface area (Å²) >= 11 is 0. The Balaban J connectivity index is 1.35. The van der Waals surface area contributed by atoms with E-state index >= 15 is 4.39 Å². The van der Waals surface area contributed by atoms with E-state index in [9.17, 15) is 9.18 Å². The number of nitrogens with one attached hydrogen (secondary N) is 2. The lowest BCUT2D eigenvalue weighted by Crippen LogP contribution is -2.46. The molecule has 0 aliphatic carbocycles. The van der Waals surface area contributed by atoms with Gasteiger partial charge in [0.05, 0.1) is 25.0 Å². The number of rotatable bonds is 8. The number of carboxylic acid groups (broad SMARTS) is 1. The van der Waals surface area contributed by atoms with E-state index in [2.05, 4.69) is 15.0 Å². The van der Waals surface area contributed by atoms with Crippen molar-refractivity contribution < 1.29 is 32.9 Å². The van der Waals surface area contributed by atoms with Crippen molar-refractivity contribution >= 4 is 16.9 Å². The third-order valence-electron chi connectivity index (χ3n) is 7.62. The fraction of sp³-hybridized carbons (Fsp3) is 0.273. The monoisotopic (exact) mass is 587 g/mol. The average molecular weight is 588 g/mol. The molecule has 0 radical (unpaired) electrons. The highest BCUT2D eigenvalue weighted by molar-refractivity contribution is 5.85. The highest BCUT2D eigenvalue weighted by atomic mass is 19.1. The number of aromatic nitrogens is 3. The molecule has 3 aromatic carbocycles. The van der Waals surface area contributed by atoms with Gasteiger partial charge < -0.3 is 29.3 Å². The molecule has 2 aromatic heterocycles. The minimum absolute atomic E-state index is 0.0143. The quantitative estimate of drug-likeness (QED) is 0.177. The molecule has 0 atom stereocenters. The van der Waals surface area contributed by atoms with Gasteiger partial charge in [-0.3, -0.25) is 4.79 Å². The Bertz CT molecular complexity index is 1820. The number of aryl methyl sites for hydroxylation is 2. The minimum Gasteiger partial charge on any atom is -0.481 e. The van der Waals surface area contributed by atoms with E-state index in [1.54, 1.807) is 13.1 Å². The summed E-state index contributed by atoms with van der Waals surface area (Å²) in [6, 6.07) is 14.7. The van der Waals surface area contributed by atoms with E-state index in [-0.39, 0.29) is 34.7 Å². The Morgan fingerprint density at radius 1 is 1.07 bits per heavy atom. The van der Waals surface area contributed by atoms with E-state index in [1.165, 1.54) is 30.5 Å². The number of H-pyrrole nitrogens is 2. The number of aliphatic carboxylic acids is 1. The topological polar surface area (TPSA) is 109 Å². The zero-order valence-corrected chi connectivity index (χ0v) is 24.0. The maximum atomic E-state index is 15.2. The molecule has 0 amide bonds. The number of fused-ring (bicyclic) bond motifs is 1. The second kappa shape index (κ2) is 10.9. The zero-order chi connectivity index (χ0) is 30.4. The number of benzene rings is 3. The smallest absolute Gasteiger partial charge is 0.303 e. The van der Waals surface area contributed by atoms with Gasteiger partial charge in [0.15, 0.2) is 11.6 Å². The predicted octanol–water partition coefficient (Wildman–Crippen LogP) is 7.23. The number of imidazole rings is 1. The van der Waals surface area contributed by atoms with Crippen LogP contribution in [-0.2, 0) is 26.5 Å². The molecule has 6 rings (SSSR count). The maximum absolute atomic E-state index is 15.2. The Morgan fingerprint density at radius 2 is 1.86 bits per heavy atom. The Morgan fingerprint density at radius 3 is 2.63 bits per heavy atom. The van der Waals surface area contributed by atoms with E-state index in [1.807, 2.05) is 44.2 Å². The van der Waals surface area contributed by atoms with Gasteiger partial charge in [-0.25, -0.2) is 13.8 Å². The van der Waals surface area contributed by atoms with Crippen molar-refractivity contribution in [3.8, 4) is 22.9 Å². The van der Waals surface area contributed by atoms with Gasteiger partial charge in [-0.2, -0.15) is 0 Å². The number of halogens is 2. The summed E-state index contributed by atoms with van der Waals surface area (Å²) in [6.45, 7) is 6.55. The molecule has 3 heterocycles. The van der Waals surface area contributed by atoms with E-state index in [0.29, 0.717) is 42.0 Å². The summed E-state index contributed by atoms with van der Waals surface area (Å²) in [5, 5.41) is 9.97. The summed E-state index contributed by atoms with van der Waals surface area (Å²) in [5.74, 6) is -2.87. The first kappa shape index (κ1) is 28.6. The summed E-state index contributed by atoms with van der Waals surface area (Å²) in [7, 11) is 0. The fourth-order valence-corrected chi connectivity index (χ4v) is 5.28. The zero-order valence-electron chi connectivity index (χ0n) is 24.0. The number of carbonyl (C=O) groups is 1. The standard InChI is InChI=1S/C33H31F2N3O5/c1-19-23-11-12-36-27(23)15-26(35)30(19)43-22-8-9-25(34)24(14-22)31-37-16-28(38-31)33(41-17-32(2,3)18-42-33)21-6-4-5-20(13-21)7-10-29(39)40/h4-6,8-9,11-16,36H,7,10,17-18H2,1-3H3,(H,37,38)(H,39,40). The molecule has 8 nitrogen and oxygen atoms in total. The van der Waals surface area contributed by atoms with Crippen molar-refractivity contribution in [1.82, 2.24) is 15.0 Å². The van der Waals surface area contributed by atoms with Crippen LogP contribution in [0.25, 0.3) is 22.3 Å². The van der Waals surface area contributed by atoms with Crippen LogP contribution in [0.5, 0.6) is 11.5 Å². The van der Waals surface area contributed by atoms with Crippen molar-refractivity contribution in [2.75, 3.05) is 13.2 Å². The van der Waals surface area contributed by atoms with Gasteiger partial charge in [0.1, 0.15) is 23.1 Å².